The van der Waals surface area contributed by atoms with Crippen LogP contribution in [0.2, 0.25) is 4.31 Å². The first-order chi connectivity index (χ1) is 3.39. The molecule has 0 radical (unpaired) electrons. The van der Waals surface area contributed by atoms with Gasteiger partial charge in [0.15, 0.2) is 0 Å². The third-order valence-electron chi connectivity index (χ3n) is 1.50. The van der Waals surface area contributed by atoms with Crippen molar-refractivity contribution >= 4 is 0 Å². The Hall–Kier alpha value is 0.688. The molecule has 1 saturated carbocycles. The fraction of sp³-hybridized carbons (Fsp3) is 1.00. The van der Waals surface area contributed by atoms with Crippen molar-refractivity contribution in [1.82, 2.24) is 0 Å². The summed E-state index contributed by atoms with van der Waals surface area (Å²) in [4.78, 5) is 0. The molecule has 0 atom stereocenters. The van der Waals surface area contributed by atoms with Crippen LogP contribution in [0.4, 0.5) is 0 Å². The second-order valence-corrected chi connectivity index (χ2v) is 4.04. The van der Waals surface area contributed by atoms with Gasteiger partial charge in [0.25, 0.3) is 0 Å². The van der Waals surface area contributed by atoms with Gasteiger partial charge in [-0.15, -0.1) is 0 Å². The van der Waals surface area contributed by atoms with Gasteiger partial charge in [-0.05, 0) is 0 Å². The van der Waals surface area contributed by atoms with E-state index in [1.54, 1.807) is 0 Å². The first kappa shape index (κ1) is 5.82. The predicted octanol–water partition coefficient (Wildman–Crippen LogP) is 2.29. The molecule has 1 aliphatic rings. The summed E-state index contributed by atoms with van der Waals surface area (Å²) in [5.41, 5.74) is 0. The average molecular weight is 278 g/mol. The molecule has 0 spiro atoms. The Labute approximate surface area is 56.6 Å². The minimum absolute atomic E-state index is 1.01. The molecule has 0 saturated heterocycles. The van der Waals surface area contributed by atoms with Crippen molar-refractivity contribution < 1.29 is 19.8 Å². The van der Waals surface area contributed by atoms with E-state index in [4.69, 9.17) is 0 Å². The van der Waals surface area contributed by atoms with Gasteiger partial charge in [0.05, 0.1) is 0 Å². The van der Waals surface area contributed by atoms with E-state index >= 15 is 0 Å². The van der Waals surface area contributed by atoms with E-state index in [2.05, 4.69) is 19.8 Å². The summed E-state index contributed by atoms with van der Waals surface area (Å²) < 4.78 is 1.01. The van der Waals surface area contributed by atoms with Crippen molar-refractivity contribution in [2.24, 2.45) is 0 Å². The molecule has 0 unspecified atom stereocenters. The van der Waals surface area contributed by atoms with Crippen molar-refractivity contribution in [3.63, 3.8) is 0 Å². The number of rotatable bonds is 0. The molecule has 0 heterocycles. The van der Waals surface area contributed by atoms with Gasteiger partial charge in [-0.1, -0.05) is 0 Å². The third kappa shape index (κ3) is 1.95. The van der Waals surface area contributed by atoms with Crippen LogP contribution in [0.15, 0.2) is 0 Å². The summed E-state index contributed by atoms with van der Waals surface area (Å²) in [6.45, 7) is 0. The van der Waals surface area contributed by atoms with Crippen LogP contribution in [0.5, 0.6) is 0 Å². The molecule has 1 rings (SSSR count). The van der Waals surface area contributed by atoms with E-state index in [1.807, 2.05) is 0 Å². The SMILES string of the molecule is [Pt][CH]1CCCCC1. The second-order valence-electron chi connectivity index (χ2n) is 2.18. The molecule has 0 N–H and O–H groups in total. The second kappa shape index (κ2) is 2.87. The van der Waals surface area contributed by atoms with Crippen LogP contribution in [-0.2, 0) is 19.8 Å². The Morgan fingerprint density at radius 1 is 1.00 bits per heavy atom. The van der Waals surface area contributed by atoms with Crippen molar-refractivity contribution in [1.29, 1.82) is 0 Å². The minimum atomic E-state index is 1.01. The van der Waals surface area contributed by atoms with Gasteiger partial charge in [-0.25, -0.2) is 0 Å². The molecule has 0 aromatic carbocycles. The Kier molecular flexibility index (Phi) is 2.38. The normalized spacial score (nSPS) is 25.4. The maximum atomic E-state index is 2.54. The van der Waals surface area contributed by atoms with E-state index in [0.717, 1.165) is 4.31 Å². The fourth-order valence-corrected chi connectivity index (χ4v) is 1.96. The van der Waals surface area contributed by atoms with Gasteiger partial charge >= 0.3 is 56.2 Å². The summed E-state index contributed by atoms with van der Waals surface area (Å²) in [5, 5.41) is 0. The molecule has 0 aliphatic heterocycles. The Morgan fingerprint density at radius 3 is 1.86 bits per heavy atom. The monoisotopic (exact) mass is 278 g/mol. The van der Waals surface area contributed by atoms with E-state index in [-0.39, 0.29) is 0 Å². The zero-order valence-electron chi connectivity index (χ0n) is 4.43. The Balaban J connectivity index is 2.12. The van der Waals surface area contributed by atoms with Crippen LogP contribution in [0, 0.1) is 0 Å². The maximum absolute atomic E-state index is 2.54. The number of hydrogen-bond acceptors (Lipinski definition) is 0. The molecule has 1 fully saturated rings. The molecule has 0 nitrogen and oxygen atoms in total. The number of hydrogen-bond donors (Lipinski definition) is 0. The van der Waals surface area contributed by atoms with Crippen LogP contribution in [0.3, 0.4) is 0 Å². The summed E-state index contributed by atoms with van der Waals surface area (Å²) in [6.07, 6.45) is 7.39. The zero-order chi connectivity index (χ0) is 5.11. The molecule has 1 heteroatoms. The summed E-state index contributed by atoms with van der Waals surface area (Å²) in [5.74, 6) is 0. The van der Waals surface area contributed by atoms with Gasteiger partial charge < -0.3 is 0 Å². The molecule has 45 valence electrons. The molecule has 0 aromatic heterocycles. The van der Waals surface area contributed by atoms with Crippen LogP contribution in [0.1, 0.15) is 32.1 Å². The van der Waals surface area contributed by atoms with Crippen molar-refractivity contribution in [3.8, 4) is 0 Å². The first-order valence-electron chi connectivity index (χ1n) is 3.00. The molecule has 1 aliphatic carbocycles. The topological polar surface area (TPSA) is 0 Å². The van der Waals surface area contributed by atoms with Crippen LogP contribution in [-0.4, -0.2) is 0 Å². The predicted molar refractivity (Wildman–Crippen MR) is 26.8 cm³/mol. The molecule has 0 amide bonds. The molecule has 0 aromatic rings. The third-order valence-corrected chi connectivity index (χ3v) is 2.81. The van der Waals surface area contributed by atoms with Gasteiger partial charge in [-0.3, -0.25) is 0 Å². The summed E-state index contributed by atoms with van der Waals surface area (Å²) >= 11 is 2.54. The van der Waals surface area contributed by atoms with Gasteiger partial charge in [0.2, 0.25) is 0 Å². The first-order valence-corrected chi connectivity index (χ1v) is 4.31. The van der Waals surface area contributed by atoms with Gasteiger partial charge in [-0.2, -0.15) is 0 Å². The van der Waals surface area contributed by atoms with E-state index in [0.29, 0.717) is 0 Å². The fourth-order valence-electron chi connectivity index (χ4n) is 1.03. The van der Waals surface area contributed by atoms with Crippen LogP contribution in [0.25, 0.3) is 0 Å². The van der Waals surface area contributed by atoms with Gasteiger partial charge in [0, 0.05) is 0 Å². The summed E-state index contributed by atoms with van der Waals surface area (Å²) in [7, 11) is 0. The van der Waals surface area contributed by atoms with E-state index < -0.39 is 0 Å². The van der Waals surface area contributed by atoms with E-state index in [9.17, 15) is 0 Å². The van der Waals surface area contributed by atoms with Gasteiger partial charge in [0.1, 0.15) is 0 Å². The Bertz CT molecular complexity index is 46.1. The molecule has 7 heavy (non-hydrogen) atoms. The summed E-state index contributed by atoms with van der Waals surface area (Å²) in [6, 6.07) is 0. The standard InChI is InChI=1S/C6H11.Pt/c1-2-4-6-5-3-1;/h1H,2-6H2;. The van der Waals surface area contributed by atoms with Crippen LogP contribution < -0.4 is 0 Å². The van der Waals surface area contributed by atoms with Crippen molar-refractivity contribution in [3.05, 3.63) is 0 Å². The quantitative estimate of drug-likeness (QED) is 0.638. The van der Waals surface area contributed by atoms with Crippen LogP contribution >= 0.6 is 0 Å². The Morgan fingerprint density at radius 2 is 1.57 bits per heavy atom. The molecular formula is C6H11Pt. The molecular weight excluding hydrogens is 267 g/mol. The van der Waals surface area contributed by atoms with Crippen molar-refractivity contribution in [2.75, 3.05) is 0 Å². The van der Waals surface area contributed by atoms with E-state index in [1.165, 1.54) is 32.1 Å². The van der Waals surface area contributed by atoms with Crippen molar-refractivity contribution in [2.45, 2.75) is 36.4 Å². The average Bonchev–Trinajstić information content (AvgIpc) is 1.69. The molecule has 0 bridgehead atoms. The zero-order valence-corrected chi connectivity index (χ0v) is 6.70.